The van der Waals surface area contributed by atoms with E-state index in [4.69, 9.17) is 0 Å². The van der Waals surface area contributed by atoms with Crippen molar-refractivity contribution in [3.8, 4) is 0 Å². The lowest BCUT2D eigenvalue weighted by Gasteiger charge is -2.33. The molecule has 10 heteroatoms. The first-order chi connectivity index (χ1) is 15.4. The van der Waals surface area contributed by atoms with Gasteiger partial charge in [-0.2, -0.15) is 0 Å². The van der Waals surface area contributed by atoms with Crippen molar-refractivity contribution in [2.24, 2.45) is 5.92 Å². The van der Waals surface area contributed by atoms with Crippen LogP contribution < -0.4 is 16.0 Å². The van der Waals surface area contributed by atoms with E-state index in [9.17, 15) is 24.1 Å². The fourth-order valence-electron chi connectivity index (χ4n) is 3.68. The number of urea groups is 1. The van der Waals surface area contributed by atoms with E-state index in [1.807, 2.05) is 0 Å². The highest BCUT2D eigenvalue weighted by Crippen LogP contribution is 2.23. The second kappa shape index (κ2) is 11.1. The minimum atomic E-state index is -0.461. The number of halogens is 1. The zero-order valence-electron chi connectivity index (χ0n) is 17.6. The van der Waals surface area contributed by atoms with Crippen LogP contribution in [0.2, 0.25) is 0 Å². The second-order valence-electron chi connectivity index (χ2n) is 7.64. The van der Waals surface area contributed by atoms with Gasteiger partial charge in [0.1, 0.15) is 11.5 Å². The summed E-state index contributed by atoms with van der Waals surface area (Å²) < 4.78 is 13.2. The zero-order chi connectivity index (χ0) is 22.9. The molecule has 0 bridgehead atoms. The SMILES string of the molecule is O=C(NC[C@H]1CCCN(C(=O)CCNc2ccccc2[N+](=O)[O-])C1)Nc1cccc(F)c1. The van der Waals surface area contributed by atoms with Crippen molar-refractivity contribution in [2.45, 2.75) is 19.3 Å². The molecule has 0 saturated carbocycles. The van der Waals surface area contributed by atoms with Crippen molar-refractivity contribution >= 4 is 29.0 Å². The Hall–Kier alpha value is -3.69. The summed E-state index contributed by atoms with van der Waals surface area (Å²) in [5.41, 5.74) is 0.727. The molecule has 0 aromatic heterocycles. The van der Waals surface area contributed by atoms with Gasteiger partial charge in [0.05, 0.1) is 4.92 Å². The number of nitro groups is 1. The molecule has 2 aromatic rings. The van der Waals surface area contributed by atoms with Crippen LogP contribution in [0.25, 0.3) is 0 Å². The molecule has 0 unspecified atom stereocenters. The van der Waals surface area contributed by atoms with E-state index in [1.54, 1.807) is 29.2 Å². The summed E-state index contributed by atoms with van der Waals surface area (Å²) >= 11 is 0. The number of hydrogen-bond acceptors (Lipinski definition) is 5. The van der Waals surface area contributed by atoms with Gasteiger partial charge in [-0.15, -0.1) is 0 Å². The number of para-hydroxylation sites is 2. The van der Waals surface area contributed by atoms with Crippen LogP contribution in [-0.4, -0.2) is 47.9 Å². The Balaban J connectivity index is 1.41. The number of nitrogens with one attached hydrogen (secondary N) is 3. The molecule has 0 aliphatic carbocycles. The van der Waals surface area contributed by atoms with Crippen LogP contribution in [-0.2, 0) is 4.79 Å². The molecular weight excluding hydrogens is 417 g/mol. The number of rotatable bonds is 8. The standard InChI is InChI=1S/C22H26FN5O4/c23-17-6-3-7-18(13-17)26-22(30)25-14-16-5-4-12-27(15-16)21(29)10-11-24-19-8-1-2-9-20(19)28(31)32/h1-3,6-9,13,16,24H,4-5,10-12,14-15H2,(H2,25,26,30)/t16-/m1/s1. The molecule has 9 nitrogen and oxygen atoms in total. The number of carbonyl (C=O) groups excluding carboxylic acids is 2. The summed E-state index contributed by atoms with van der Waals surface area (Å²) in [5, 5.41) is 19.4. The van der Waals surface area contributed by atoms with Gasteiger partial charge in [0, 0.05) is 44.4 Å². The highest BCUT2D eigenvalue weighted by atomic mass is 19.1. The van der Waals surface area contributed by atoms with Gasteiger partial charge in [-0.05, 0) is 43.0 Å². The highest BCUT2D eigenvalue weighted by Gasteiger charge is 2.24. The number of hydrogen-bond donors (Lipinski definition) is 3. The first-order valence-electron chi connectivity index (χ1n) is 10.5. The molecule has 1 fully saturated rings. The summed E-state index contributed by atoms with van der Waals surface area (Å²) in [5.74, 6) is -0.347. The lowest BCUT2D eigenvalue weighted by Crippen LogP contribution is -2.44. The van der Waals surface area contributed by atoms with E-state index < -0.39 is 16.8 Å². The summed E-state index contributed by atoms with van der Waals surface area (Å²) in [6, 6.07) is 11.5. The normalized spacial score (nSPS) is 15.7. The van der Waals surface area contributed by atoms with E-state index >= 15 is 0 Å². The van der Waals surface area contributed by atoms with Gasteiger partial charge in [0.15, 0.2) is 0 Å². The predicted molar refractivity (Wildman–Crippen MR) is 119 cm³/mol. The van der Waals surface area contributed by atoms with Gasteiger partial charge >= 0.3 is 6.03 Å². The number of benzene rings is 2. The molecule has 3 N–H and O–H groups in total. The van der Waals surface area contributed by atoms with E-state index in [1.165, 1.54) is 24.3 Å². The van der Waals surface area contributed by atoms with Gasteiger partial charge in [0.2, 0.25) is 5.91 Å². The van der Waals surface area contributed by atoms with Crippen molar-refractivity contribution < 1.29 is 18.9 Å². The molecule has 1 atom stereocenters. The number of nitro benzene ring substituents is 1. The fourth-order valence-corrected chi connectivity index (χ4v) is 3.68. The molecule has 170 valence electrons. The predicted octanol–water partition coefficient (Wildman–Crippen LogP) is 3.60. The molecule has 1 saturated heterocycles. The molecule has 0 spiro atoms. The fraction of sp³-hybridized carbons (Fsp3) is 0.364. The Morgan fingerprint density at radius 2 is 2.00 bits per heavy atom. The number of piperidine rings is 1. The number of anilines is 2. The van der Waals surface area contributed by atoms with Gasteiger partial charge in [-0.3, -0.25) is 14.9 Å². The van der Waals surface area contributed by atoms with Crippen LogP contribution in [0.1, 0.15) is 19.3 Å². The van der Waals surface area contributed by atoms with E-state index in [2.05, 4.69) is 16.0 Å². The van der Waals surface area contributed by atoms with E-state index in [0.29, 0.717) is 37.6 Å². The van der Waals surface area contributed by atoms with Gasteiger partial charge in [-0.1, -0.05) is 18.2 Å². The summed E-state index contributed by atoms with van der Waals surface area (Å²) in [4.78, 5) is 37.0. The van der Waals surface area contributed by atoms with Crippen LogP contribution >= 0.6 is 0 Å². The van der Waals surface area contributed by atoms with Crippen molar-refractivity contribution in [1.82, 2.24) is 10.2 Å². The Labute approximate surface area is 185 Å². The third-order valence-corrected chi connectivity index (χ3v) is 5.26. The van der Waals surface area contributed by atoms with Gasteiger partial charge in [0.25, 0.3) is 5.69 Å². The van der Waals surface area contributed by atoms with Crippen molar-refractivity contribution in [3.05, 3.63) is 64.5 Å². The summed E-state index contributed by atoms with van der Waals surface area (Å²) in [6.45, 7) is 1.87. The van der Waals surface area contributed by atoms with Crippen LogP contribution in [0.3, 0.4) is 0 Å². The average molecular weight is 443 g/mol. The van der Waals surface area contributed by atoms with Crippen LogP contribution in [0, 0.1) is 21.8 Å². The summed E-state index contributed by atoms with van der Waals surface area (Å²) in [6.07, 6.45) is 1.94. The number of amides is 3. The minimum Gasteiger partial charge on any atom is -0.379 e. The maximum atomic E-state index is 13.2. The molecule has 3 rings (SSSR count). The Morgan fingerprint density at radius 1 is 1.19 bits per heavy atom. The monoisotopic (exact) mass is 443 g/mol. The van der Waals surface area contributed by atoms with E-state index in [-0.39, 0.29) is 23.9 Å². The number of nitrogens with zero attached hydrogens (tertiary/aromatic N) is 2. The quantitative estimate of drug-likeness (QED) is 0.426. The Morgan fingerprint density at radius 3 is 2.78 bits per heavy atom. The third-order valence-electron chi connectivity index (χ3n) is 5.26. The van der Waals surface area contributed by atoms with E-state index in [0.717, 1.165) is 12.8 Å². The lowest BCUT2D eigenvalue weighted by molar-refractivity contribution is -0.384. The second-order valence-corrected chi connectivity index (χ2v) is 7.64. The smallest absolute Gasteiger partial charge is 0.319 e. The highest BCUT2D eigenvalue weighted by molar-refractivity contribution is 5.89. The van der Waals surface area contributed by atoms with Crippen molar-refractivity contribution in [3.63, 3.8) is 0 Å². The van der Waals surface area contributed by atoms with Crippen molar-refractivity contribution in [1.29, 1.82) is 0 Å². The molecule has 32 heavy (non-hydrogen) atoms. The average Bonchev–Trinajstić information content (AvgIpc) is 2.78. The lowest BCUT2D eigenvalue weighted by atomic mass is 9.97. The molecule has 3 amide bonds. The van der Waals surface area contributed by atoms with Crippen molar-refractivity contribution in [2.75, 3.05) is 36.8 Å². The van der Waals surface area contributed by atoms with Gasteiger partial charge < -0.3 is 20.9 Å². The maximum absolute atomic E-state index is 13.2. The number of likely N-dealkylation sites (tertiary alicyclic amines) is 1. The molecular formula is C22H26FN5O4. The maximum Gasteiger partial charge on any atom is 0.319 e. The molecule has 1 aliphatic heterocycles. The minimum absolute atomic E-state index is 0.0272. The van der Waals surface area contributed by atoms with Gasteiger partial charge in [-0.25, -0.2) is 9.18 Å². The number of carbonyl (C=O) groups is 2. The Kier molecular flexibility index (Phi) is 7.96. The Bertz CT molecular complexity index is 971. The first-order valence-corrected chi connectivity index (χ1v) is 10.5. The largest absolute Gasteiger partial charge is 0.379 e. The first kappa shape index (κ1) is 23.0. The zero-order valence-corrected chi connectivity index (χ0v) is 17.6. The van der Waals surface area contributed by atoms with Crippen LogP contribution in [0.15, 0.2) is 48.5 Å². The van der Waals surface area contributed by atoms with Crippen LogP contribution in [0.4, 0.5) is 26.2 Å². The molecule has 1 heterocycles. The summed E-state index contributed by atoms with van der Waals surface area (Å²) in [7, 11) is 0. The molecule has 2 aromatic carbocycles. The van der Waals surface area contributed by atoms with Crippen LogP contribution in [0.5, 0.6) is 0 Å². The third kappa shape index (κ3) is 6.66. The topological polar surface area (TPSA) is 117 Å². The molecule has 0 radical (unpaired) electrons. The molecule has 1 aliphatic rings.